The fraction of sp³-hybridized carbons (Fsp3) is 0.111. The number of aromatic hydroxyl groups is 5. The van der Waals surface area contributed by atoms with Crippen LogP contribution in [0.1, 0.15) is 50.6 Å². The zero-order valence-electron chi connectivity index (χ0n) is 23.1. The van der Waals surface area contributed by atoms with E-state index < -0.39 is 6.10 Å². The Hall–Kier alpha value is -5.40. The molecule has 7 nitrogen and oxygen atoms in total. The first-order valence-electron chi connectivity index (χ1n) is 13.9. The maximum absolute atomic E-state index is 11.6. The van der Waals surface area contributed by atoms with Crippen LogP contribution in [0.2, 0.25) is 0 Å². The molecule has 0 fully saturated rings. The van der Waals surface area contributed by atoms with Gasteiger partial charge in [-0.05, 0) is 46.5 Å². The van der Waals surface area contributed by atoms with Crippen LogP contribution in [0.5, 0.6) is 34.5 Å². The van der Waals surface area contributed by atoms with E-state index in [1.165, 1.54) is 6.08 Å². The first kappa shape index (κ1) is 27.8. The van der Waals surface area contributed by atoms with E-state index in [0.29, 0.717) is 34.4 Å². The standard InChI is InChI=1S/C36H30O7/c37-28-12-6-4-10-23(28)16-21-14-15-25(30(39)17-21)18-26-34(41)27(19-24-11-5-7-13-29(24)38)36-33(35(26)42)31(40)20-32(43-36)22-8-2-1-3-9-22/h1-15,17,20,31,37-42H,16,18-19H2. The van der Waals surface area contributed by atoms with Gasteiger partial charge in [-0.15, -0.1) is 0 Å². The third kappa shape index (κ3) is 5.46. The minimum absolute atomic E-state index is 0.0261. The first-order valence-corrected chi connectivity index (χ1v) is 13.9. The van der Waals surface area contributed by atoms with Gasteiger partial charge in [0, 0.05) is 36.0 Å². The number of fused-ring (bicyclic) bond motifs is 1. The highest BCUT2D eigenvalue weighted by atomic mass is 16.5. The second kappa shape index (κ2) is 11.5. The number of phenols is 5. The molecule has 7 heteroatoms. The van der Waals surface area contributed by atoms with Crippen molar-refractivity contribution >= 4 is 5.76 Å². The molecule has 0 spiro atoms. The summed E-state index contributed by atoms with van der Waals surface area (Å²) < 4.78 is 6.23. The van der Waals surface area contributed by atoms with Gasteiger partial charge < -0.3 is 35.4 Å². The van der Waals surface area contributed by atoms with Crippen LogP contribution >= 0.6 is 0 Å². The highest BCUT2D eigenvalue weighted by Crippen LogP contribution is 2.51. The molecule has 5 aromatic rings. The lowest BCUT2D eigenvalue weighted by Gasteiger charge is -2.28. The molecule has 1 unspecified atom stereocenters. The number of hydrogen-bond acceptors (Lipinski definition) is 7. The van der Waals surface area contributed by atoms with E-state index in [1.54, 1.807) is 54.6 Å². The molecular formula is C36H30O7. The van der Waals surface area contributed by atoms with E-state index in [1.807, 2.05) is 42.5 Å². The largest absolute Gasteiger partial charge is 0.508 e. The topological polar surface area (TPSA) is 131 Å². The van der Waals surface area contributed by atoms with Gasteiger partial charge in [-0.2, -0.15) is 0 Å². The molecule has 0 saturated carbocycles. The lowest BCUT2D eigenvalue weighted by molar-refractivity contribution is 0.210. The Labute approximate surface area is 248 Å². The van der Waals surface area contributed by atoms with Crippen LogP contribution in [0.25, 0.3) is 5.76 Å². The molecule has 5 aromatic carbocycles. The number of aliphatic hydroxyl groups excluding tert-OH is 1. The molecule has 0 saturated heterocycles. The van der Waals surface area contributed by atoms with E-state index in [9.17, 15) is 30.6 Å². The SMILES string of the molecule is Oc1ccccc1Cc1ccc(Cc2c(O)c(Cc3ccccc3O)c3c(c2O)C(O)C=C(c2ccccc2)O3)c(O)c1. The minimum Gasteiger partial charge on any atom is -0.508 e. The third-order valence-electron chi connectivity index (χ3n) is 7.77. The molecule has 0 aliphatic carbocycles. The Morgan fingerprint density at radius 3 is 1.79 bits per heavy atom. The van der Waals surface area contributed by atoms with Gasteiger partial charge in [-0.1, -0.05) is 78.9 Å². The first-order chi connectivity index (χ1) is 20.8. The second-order valence-corrected chi connectivity index (χ2v) is 10.6. The van der Waals surface area contributed by atoms with Crippen LogP contribution in [-0.4, -0.2) is 30.6 Å². The van der Waals surface area contributed by atoms with Crippen molar-refractivity contribution in [3.05, 3.63) is 148 Å². The van der Waals surface area contributed by atoms with Gasteiger partial charge in [0.2, 0.25) is 0 Å². The highest BCUT2D eigenvalue weighted by Gasteiger charge is 2.33. The van der Waals surface area contributed by atoms with Gasteiger partial charge in [0.05, 0.1) is 5.56 Å². The van der Waals surface area contributed by atoms with Crippen LogP contribution < -0.4 is 4.74 Å². The zero-order chi connectivity index (χ0) is 30.1. The van der Waals surface area contributed by atoms with Crippen LogP contribution in [0.4, 0.5) is 0 Å². The molecule has 43 heavy (non-hydrogen) atoms. The minimum atomic E-state index is -1.25. The quantitative estimate of drug-likeness (QED) is 0.132. The Kier molecular flexibility index (Phi) is 7.40. The Balaban J connectivity index is 1.42. The lowest BCUT2D eigenvalue weighted by Crippen LogP contribution is -2.13. The molecule has 0 amide bonds. The normalized spacial score (nSPS) is 14.1. The molecule has 0 radical (unpaired) electrons. The van der Waals surface area contributed by atoms with Crippen molar-refractivity contribution in [1.29, 1.82) is 0 Å². The number of ether oxygens (including phenoxy) is 1. The van der Waals surface area contributed by atoms with Crippen molar-refractivity contribution in [2.24, 2.45) is 0 Å². The predicted octanol–water partition coefficient (Wildman–Crippen LogP) is 6.45. The van der Waals surface area contributed by atoms with Crippen LogP contribution in [0, 0.1) is 0 Å². The summed E-state index contributed by atoms with van der Waals surface area (Å²) in [6, 6.07) is 28.0. The lowest BCUT2D eigenvalue weighted by atomic mass is 9.88. The number of aliphatic hydroxyl groups is 1. The van der Waals surface area contributed by atoms with E-state index in [-0.39, 0.29) is 64.0 Å². The van der Waals surface area contributed by atoms with Crippen molar-refractivity contribution in [2.75, 3.05) is 0 Å². The molecule has 0 aromatic heterocycles. The van der Waals surface area contributed by atoms with Crippen molar-refractivity contribution in [3.63, 3.8) is 0 Å². The molecule has 1 heterocycles. The summed E-state index contributed by atoms with van der Waals surface area (Å²) in [5, 5.41) is 65.9. The number of benzene rings is 5. The molecular weight excluding hydrogens is 544 g/mol. The molecule has 0 bridgehead atoms. The summed E-state index contributed by atoms with van der Waals surface area (Å²) in [6.07, 6.45) is 0.640. The van der Waals surface area contributed by atoms with Crippen molar-refractivity contribution in [2.45, 2.75) is 25.4 Å². The molecule has 1 aliphatic rings. The van der Waals surface area contributed by atoms with Crippen molar-refractivity contribution < 1.29 is 35.4 Å². The predicted molar refractivity (Wildman–Crippen MR) is 163 cm³/mol. The average molecular weight is 575 g/mol. The van der Waals surface area contributed by atoms with Crippen LogP contribution in [0.15, 0.2) is 103 Å². The number of phenolic OH excluding ortho intramolecular Hbond substituents is 5. The summed E-state index contributed by atoms with van der Waals surface area (Å²) in [4.78, 5) is 0. The van der Waals surface area contributed by atoms with E-state index >= 15 is 0 Å². The molecule has 1 atom stereocenters. The van der Waals surface area contributed by atoms with E-state index in [4.69, 9.17) is 4.74 Å². The van der Waals surface area contributed by atoms with Gasteiger partial charge in [0.1, 0.15) is 46.4 Å². The maximum Gasteiger partial charge on any atom is 0.144 e. The molecule has 216 valence electrons. The Morgan fingerprint density at radius 1 is 0.558 bits per heavy atom. The van der Waals surface area contributed by atoms with Gasteiger partial charge in [-0.25, -0.2) is 0 Å². The third-order valence-corrected chi connectivity index (χ3v) is 7.77. The van der Waals surface area contributed by atoms with Crippen molar-refractivity contribution in [3.8, 4) is 34.5 Å². The summed E-state index contributed by atoms with van der Waals surface area (Å²) in [5.74, 6) is 0.00680. The van der Waals surface area contributed by atoms with E-state index in [0.717, 1.165) is 5.56 Å². The smallest absolute Gasteiger partial charge is 0.144 e. The molecule has 1 aliphatic heterocycles. The van der Waals surface area contributed by atoms with E-state index in [2.05, 4.69) is 0 Å². The second-order valence-electron chi connectivity index (χ2n) is 10.6. The fourth-order valence-electron chi connectivity index (χ4n) is 5.48. The summed E-state index contributed by atoms with van der Waals surface area (Å²) in [6.45, 7) is 0. The highest BCUT2D eigenvalue weighted by molar-refractivity contribution is 5.73. The monoisotopic (exact) mass is 574 g/mol. The van der Waals surface area contributed by atoms with Gasteiger partial charge in [0.25, 0.3) is 0 Å². The molecule has 6 rings (SSSR count). The van der Waals surface area contributed by atoms with Crippen LogP contribution in [-0.2, 0) is 19.3 Å². The van der Waals surface area contributed by atoms with Crippen LogP contribution in [0.3, 0.4) is 0 Å². The average Bonchev–Trinajstić information content (AvgIpc) is 3.00. The van der Waals surface area contributed by atoms with Gasteiger partial charge in [-0.3, -0.25) is 0 Å². The fourth-order valence-corrected chi connectivity index (χ4v) is 5.48. The number of hydrogen-bond donors (Lipinski definition) is 6. The Bertz CT molecular complexity index is 1840. The van der Waals surface area contributed by atoms with Crippen molar-refractivity contribution in [1.82, 2.24) is 0 Å². The zero-order valence-corrected chi connectivity index (χ0v) is 23.1. The summed E-state index contributed by atoms with van der Waals surface area (Å²) >= 11 is 0. The summed E-state index contributed by atoms with van der Waals surface area (Å²) in [7, 11) is 0. The van der Waals surface area contributed by atoms with Gasteiger partial charge in [0.15, 0.2) is 0 Å². The maximum atomic E-state index is 11.6. The number of rotatable bonds is 7. The van der Waals surface area contributed by atoms with Gasteiger partial charge >= 0.3 is 0 Å². The number of para-hydroxylation sites is 2. The Morgan fingerprint density at radius 2 is 1.14 bits per heavy atom. The molecule has 6 N–H and O–H groups in total. The summed E-state index contributed by atoms with van der Waals surface area (Å²) in [5.41, 5.74) is 3.61.